The molecule has 0 aromatic carbocycles. The van der Waals surface area contributed by atoms with Gasteiger partial charge in [0.2, 0.25) is 0 Å². The summed E-state index contributed by atoms with van der Waals surface area (Å²) in [6.07, 6.45) is -4.36. The molecule has 17 heavy (non-hydrogen) atoms. The van der Waals surface area contributed by atoms with E-state index in [9.17, 15) is 13.2 Å². The zero-order valence-electron chi connectivity index (χ0n) is 9.14. The van der Waals surface area contributed by atoms with E-state index in [1.165, 1.54) is 0 Å². The molecule has 3 rings (SSSR count). The Bertz CT molecular complexity index is 413. The summed E-state index contributed by atoms with van der Waals surface area (Å²) >= 11 is 0. The van der Waals surface area contributed by atoms with Crippen LogP contribution in [-0.2, 0) is 12.7 Å². The van der Waals surface area contributed by atoms with Gasteiger partial charge in [0.15, 0.2) is 5.69 Å². The zero-order valence-corrected chi connectivity index (χ0v) is 9.14. The summed E-state index contributed by atoms with van der Waals surface area (Å²) < 4.78 is 37.0. The highest BCUT2D eigenvalue weighted by atomic mass is 19.4. The second kappa shape index (κ2) is 3.46. The first-order chi connectivity index (χ1) is 7.97. The van der Waals surface area contributed by atoms with Crippen LogP contribution in [0.2, 0.25) is 0 Å². The third kappa shape index (κ3) is 1.93. The van der Waals surface area contributed by atoms with E-state index in [0.717, 1.165) is 32.2 Å². The molecule has 1 spiro atoms. The van der Waals surface area contributed by atoms with Crippen LogP contribution in [0.5, 0.6) is 0 Å². The Labute approximate surface area is 96.2 Å². The van der Waals surface area contributed by atoms with E-state index >= 15 is 0 Å². The van der Waals surface area contributed by atoms with Crippen molar-refractivity contribution in [2.45, 2.75) is 12.7 Å². The van der Waals surface area contributed by atoms with E-state index in [2.05, 4.69) is 20.4 Å². The van der Waals surface area contributed by atoms with Crippen LogP contribution in [0.3, 0.4) is 0 Å². The molecule has 0 saturated carbocycles. The smallest absolute Gasteiger partial charge is 0.315 e. The number of rotatable bonds is 2. The van der Waals surface area contributed by atoms with E-state index in [1.807, 2.05) is 0 Å². The first-order valence-corrected chi connectivity index (χ1v) is 5.52. The van der Waals surface area contributed by atoms with Crippen molar-refractivity contribution < 1.29 is 13.2 Å². The molecular weight excluding hydrogens is 233 g/mol. The van der Waals surface area contributed by atoms with Crippen molar-refractivity contribution >= 4 is 0 Å². The molecule has 7 heteroatoms. The van der Waals surface area contributed by atoms with Crippen molar-refractivity contribution in [1.82, 2.24) is 20.4 Å². The molecule has 4 nitrogen and oxygen atoms in total. The fraction of sp³-hybridized carbons (Fsp3) is 0.700. The quantitative estimate of drug-likeness (QED) is 0.812. The van der Waals surface area contributed by atoms with Crippen molar-refractivity contribution in [2.75, 3.05) is 26.2 Å². The molecule has 2 saturated heterocycles. The minimum atomic E-state index is -4.36. The molecular formula is C10H13F3N4. The number of aromatic nitrogens is 2. The van der Waals surface area contributed by atoms with Gasteiger partial charge in [-0.1, -0.05) is 0 Å². The predicted molar refractivity (Wildman–Crippen MR) is 54.2 cm³/mol. The molecule has 0 radical (unpaired) electrons. The van der Waals surface area contributed by atoms with Crippen LogP contribution in [0.4, 0.5) is 13.2 Å². The second-order valence-electron chi connectivity index (χ2n) is 5.02. The summed E-state index contributed by atoms with van der Waals surface area (Å²) in [4.78, 5) is 2.13. The highest BCUT2D eigenvalue weighted by Gasteiger charge is 2.47. The fourth-order valence-corrected chi connectivity index (χ4v) is 2.55. The number of hydrogen-bond acceptors (Lipinski definition) is 3. The minimum Gasteiger partial charge on any atom is -0.315 e. The van der Waals surface area contributed by atoms with Crippen LogP contribution in [0.1, 0.15) is 11.4 Å². The average molecular weight is 246 g/mol. The molecule has 2 fully saturated rings. The molecule has 0 unspecified atom stereocenters. The number of likely N-dealkylation sites (tertiary alicyclic amines) is 1. The second-order valence-corrected chi connectivity index (χ2v) is 5.02. The Hall–Kier alpha value is -1.08. The van der Waals surface area contributed by atoms with Gasteiger partial charge in [-0.05, 0) is 6.07 Å². The Kier molecular flexibility index (Phi) is 2.24. The number of halogens is 3. The highest BCUT2D eigenvalue weighted by Crippen LogP contribution is 2.35. The van der Waals surface area contributed by atoms with E-state index in [4.69, 9.17) is 0 Å². The monoisotopic (exact) mass is 246 g/mol. The summed E-state index contributed by atoms with van der Waals surface area (Å²) in [7, 11) is 0. The average Bonchev–Trinajstić information content (AvgIpc) is 2.54. The predicted octanol–water partition coefficient (Wildman–Crippen LogP) is 0.834. The molecule has 0 aliphatic carbocycles. The third-order valence-electron chi connectivity index (χ3n) is 3.43. The lowest BCUT2D eigenvalue weighted by Gasteiger charge is -2.56. The van der Waals surface area contributed by atoms with Crippen LogP contribution in [-0.4, -0.2) is 41.3 Å². The first-order valence-electron chi connectivity index (χ1n) is 5.52. The van der Waals surface area contributed by atoms with E-state index in [0.29, 0.717) is 17.7 Å². The fourth-order valence-electron chi connectivity index (χ4n) is 2.55. The van der Waals surface area contributed by atoms with Gasteiger partial charge in [-0.15, -0.1) is 0 Å². The Morgan fingerprint density at radius 1 is 1.35 bits per heavy atom. The Balaban J connectivity index is 1.57. The summed E-state index contributed by atoms with van der Waals surface area (Å²) in [6.45, 7) is 4.49. The molecule has 3 heterocycles. The normalized spacial score (nSPS) is 23.5. The van der Waals surface area contributed by atoms with Crippen molar-refractivity contribution in [2.24, 2.45) is 5.41 Å². The summed E-state index contributed by atoms with van der Waals surface area (Å²) in [6, 6.07) is 1.09. The summed E-state index contributed by atoms with van der Waals surface area (Å²) in [5.41, 5.74) is 0.0832. The maximum Gasteiger partial charge on any atom is 0.435 e. The minimum absolute atomic E-state index is 0.396. The van der Waals surface area contributed by atoms with Gasteiger partial charge < -0.3 is 5.32 Å². The number of nitrogens with one attached hydrogen (secondary N) is 2. The molecule has 2 aliphatic rings. The Morgan fingerprint density at radius 2 is 2.06 bits per heavy atom. The summed E-state index contributed by atoms with van der Waals surface area (Å²) in [5, 5.41) is 8.94. The molecule has 1 aromatic heterocycles. The molecule has 0 amide bonds. The van der Waals surface area contributed by atoms with Crippen LogP contribution in [0.25, 0.3) is 0 Å². The van der Waals surface area contributed by atoms with Crippen molar-refractivity contribution in [3.63, 3.8) is 0 Å². The SMILES string of the molecule is FC(F)(F)c1cc(CN2CC3(CNC3)C2)[nH]n1. The number of alkyl halides is 3. The van der Waals surface area contributed by atoms with Gasteiger partial charge in [0.1, 0.15) is 0 Å². The first kappa shape index (κ1) is 11.0. The van der Waals surface area contributed by atoms with Gasteiger partial charge in [0, 0.05) is 43.8 Å². The molecule has 0 bridgehead atoms. The van der Waals surface area contributed by atoms with Gasteiger partial charge in [-0.2, -0.15) is 18.3 Å². The van der Waals surface area contributed by atoms with Gasteiger partial charge in [0.25, 0.3) is 0 Å². The largest absolute Gasteiger partial charge is 0.435 e. The van der Waals surface area contributed by atoms with E-state index in [-0.39, 0.29) is 0 Å². The van der Waals surface area contributed by atoms with Gasteiger partial charge >= 0.3 is 6.18 Å². The number of H-pyrrole nitrogens is 1. The number of nitrogens with zero attached hydrogens (tertiary/aromatic N) is 2. The van der Waals surface area contributed by atoms with Gasteiger partial charge in [-0.25, -0.2) is 0 Å². The standard InChI is InChI=1S/C10H13F3N4/c11-10(12,13)8-1-7(15-16-8)2-17-5-9(6-17)3-14-4-9/h1,14H,2-6H2,(H,15,16). The molecule has 2 N–H and O–H groups in total. The lowest BCUT2D eigenvalue weighted by Crippen LogP contribution is -2.70. The third-order valence-corrected chi connectivity index (χ3v) is 3.43. The maximum absolute atomic E-state index is 12.3. The summed E-state index contributed by atoms with van der Waals surface area (Å²) in [5.74, 6) is 0. The molecule has 94 valence electrons. The van der Waals surface area contributed by atoms with Crippen LogP contribution in [0, 0.1) is 5.41 Å². The van der Waals surface area contributed by atoms with E-state index in [1.54, 1.807) is 0 Å². The number of hydrogen-bond donors (Lipinski definition) is 2. The maximum atomic E-state index is 12.3. The lowest BCUT2D eigenvalue weighted by molar-refractivity contribution is -0.141. The number of aromatic amines is 1. The lowest BCUT2D eigenvalue weighted by atomic mass is 9.74. The van der Waals surface area contributed by atoms with Crippen LogP contribution < -0.4 is 5.32 Å². The van der Waals surface area contributed by atoms with Crippen molar-refractivity contribution in [1.29, 1.82) is 0 Å². The molecule has 0 atom stereocenters. The van der Waals surface area contributed by atoms with Crippen molar-refractivity contribution in [3.05, 3.63) is 17.5 Å². The van der Waals surface area contributed by atoms with Crippen molar-refractivity contribution in [3.8, 4) is 0 Å². The zero-order chi connectivity index (χ0) is 12.1. The van der Waals surface area contributed by atoms with Gasteiger partial charge in [-0.3, -0.25) is 10.00 Å². The van der Waals surface area contributed by atoms with Gasteiger partial charge in [0.05, 0.1) is 0 Å². The molecule has 1 aromatic rings. The highest BCUT2D eigenvalue weighted by molar-refractivity contribution is 5.13. The van der Waals surface area contributed by atoms with Crippen LogP contribution in [0.15, 0.2) is 6.07 Å². The van der Waals surface area contributed by atoms with Crippen LogP contribution >= 0.6 is 0 Å². The Morgan fingerprint density at radius 3 is 2.53 bits per heavy atom. The van der Waals surface area contributed by atoms with E-state index < -0.39 is 11.9 Å². The molecule has 2 aliphatic heterocycles. The topological polar surface area (TPSA) is 44.0 Å².